The smallest absolute Gasteiger partial charge is 0.133 e. The summed E-state index contributed by atoms with van der Waals surface area (Å²) in [5, 5.41) is 26.9. The monoisotopic (exact) mass is 218 g/mol. The zero-order valence-electron chi connectivity index (χ0n) is 8.90. The third kappa shape index (κ3) is 5.52. The first-order chi connectivity index (χ1) is 7.65. The molecule has 0 saturated carbocycles. The molecule has 84 valence electrons. The van der Waals surface area contributed by atoms with Crippen molar-refractivity contribution in [3.63, 3.8) is 0 Å². The lowest BCUT2D eigenvalue weighted by Gasteiger charge is -2.08. The van der Waals surface area contributed by atoms with Crippen molar-refractivity contribution in [1.29, 1.82) is 10.7 Å². The quantitative estimate of drug-likeness (QED) is 0.335. The highest BCUT2D eigenvalue weighted by Crippen LogP contribution is 2.01. The molecule has 3 N–H and O–H groups in total. The van der Waals surface area contributed by atoms with Crippen molar-refractivity contribution in [2.45, 2.75) is 0 Å². The second-order valence-electron chi connectivity index (χ2n) is 2.74. The zero-order valence-corrected chi connectivity index (χ0v) is 8.90. The van der Waals surface area contributed by atoms with Gasteiger partial charge in [0.1, 0.15) is 11.8 Å². The molecule has 0 rings (SSSR count). The molecule has 0 spiro atoms. The van der Waals surface area contributed by atoms with Crippen LogP contribution >= 0.6 is 0 Å². The summed E-state index contributed by atoms with van der Waals surface area (Å²) in [6, 6.07) is 1.78. The van der Waals surface area contributed by atoms with E-state index in [4.69, 9.17) is 15.8 Å². The van der Waals surface area contributed by atoms with Gasteiger partial charge >= 0.3 is 0 Å². The molecule has 0 unspecified atom stereocenters. The van der Waals surface area contributed by atoms with E-state index in [1.807, 2.05) is 0 Å². The minimum atomic E-state index is -0.0231. The Bertz CT molecular complexity index is 374. The lowest BCUT2D eigenvalue weighted by molar-refractivity contribution is 0.297. The number of nitriles is 1. The number of nitrogens with one attached hydrogen (secondary N) is 2. The van der Waals surface area contributed by atoms with E-state index in [1.54, 1.807) is 6.07 Å². The molecule has 16 heavy (non-hydrogen) atoms. The first kappa shape index (κ1) is 13.8. The number of rotatable bonds is 7. The molecule has 0 fully saturated rings. The van der Waals surface area contributed by atoms with Gasteiger partial charge in [-0.15, -0.1) is 0 Å². The summed E-state index contributed by atoms with van der Waals surface area (Å²) in [5.41, 5.74) is 1.16. The van der Waals surface area contributed by atoms with Crippen LogP contribution in [0.4, 0.5) is 0 Å². The lowest BCUT2D eigenvalue weighted by atomic mass is 10.2. The molecule has 0 aromatic heterocycles. The van der Waals surface area contributed by atoms with Gasteiger partial charge in [-0.25, -0.2) is 4.99 Å². The molecule has 0 heterocycles. The lowest BCUT2D eigenvalue weighted by Crippen LogP contribution is -2.19. The molecule has 0 aromatic carbocycles. The molecule has 0 atom stereocenters. The molecule has 0 radical (unpaired) electrons. The van der Waals surface area contributed by atoms with Crippen LogP contribution in [-0.2, 0) is 0 Å². The second kappa shape index (κ2) is 8.15. The number of nitrogens with zero attached hydrogens (tertiary/aromatic N) is 2. The number of aliphatic hydroxyl groups excluding tert-OH is 1. The van der Waals surface area contributed by atoms with Gasteiger partial charge in [-0.2, -0.15) is 5.26 Å². The van der Waals surface area contributed by atoms with E-state index in [-0.39, 0.29) is 12.3 Å². The van der Waals surface area contributed by atoms with Gasteiger partial charge in [-0.1, -0.05) is 13.2 Å². The van der Waals surface area contributed by atoms with Crippen LogP contribution in [0.3, 0.4) is 0 Å². The highest BCUT2D eigenvalue weighted by molar-refractivity contribution is 5.86. The average Bonchev–Trinajstić information content (AvgIpc) is 2.30. The van der Waals surface area contributed by atoms with Crippen molar-refractivity contribution < 1.29 is 5.11 Å². The third-order valence-electron chi connectivity index (χ3n) is 1.53. The van der Waals surface area contributed by atoms with Crippen LogP contribution in [0.1, 0.15) is 0 Å². The van der Waals surface area contributed by atoms with Crippen molar-refractivity contribution in [3.05, 3.63) is 36.2 Å². The van der Waals surface area contributed by atoms with E-state index in [9.17, 15) is 0 Å². The Labute approximate surface area is 94.6 Å². The standard InChI is InChI=1S/C11H14N4O/c1-9(8-15-10(2)7-13)11(3-4-12)14-5-6-16/h3-4,8,12,14,16H,1-2,5-6H2/b11-3-,12-4?,15-8+. The third-order valence-corrected chi connectivity index (χ3v) is 1.53. The molecule has 0 aromatic rings. The van der Waals surface area contributed by atoms with Gasteiger partial charge in [0, 0.05) is 30.2 Å². The normalized spacial score (nSPS) is 10.9. The topological polar surface area (TPSA) is 92.3 Å². The summed E-state index contributed by atoms with van der Waals surface area (Å²) < 4.78 is 0. The van der Waals surface area contributed by atoms with Crippen LogP contribution in [0.25, 0.3) is 0 Å². The Morgan fingerprint density at radius 2 is 2.25 bits per heavy atom. The van der Waals surface area contributed by atoms with Crippen LogP contribution in [0, 0.1) is 16.7 Å². The molecular weight excluding hydrogens is 204 g/mol. The number of aliphatic hydroxyl groups is 1. The van der Waals surface area contributed by atoms with E-state index >= 15 is 0 Å². The first-order valence-corrected chi connectivity index (χ1v) is 4.53. The SMILES string of the molecule is C=C(C#N)/N=C/C(=C)/C(=C/C=N)NCCO. The minimum absolute atomic E-state index is 0.0231. The number of allylic oxidation sites excluding steroid dienone is 3. The second-order valence-corrected chi connectivity index (χ2v) is 2.74. The van der Waals surface area contributed by atoms with Crippen molar-refractivity contribution in [2.24, 2.45) is 4.99 Å². The highest BCUT2D eigenvalue weighted by atomic mass is 16.3. The van der Waals surface area contributed by atoms with E-state index in [2.05, 4.69) is 23.5 Å². The highest BCUT2D eigenvalue weighted by Gasteiger charge is 1.98. The summed E-state index contributed by atoms with van der Waals surface area (Å²) in [5.74, 6) is 0. The Morgan fingerprint density at radius 3 is 2.75 bits per heavy atom. The Balaban J connectivity index is 4.58. The average molecular weight is 218 g/mol. The zero-order chi connectivity index (χ0) is 12.4. The fourth-order valence-electron chi connectivity index (χ4n) is 0.808. The molecule has 0 saturated heterocycles. The van der Waals surface area contributed by atoms with E-state index in [0.29, 0.717) is 17.8 Å². The van der Waals surface area contributed by atoms with Crippen LogP contribution in [0.15, 0.2) is 41.2 Å². The maximum Gasteiger partial charge on any atom is 0.133 e. The summed E-state index contributed by atoms with van der Waals surface area (Å²) in [7, 11) is 0. The Kier molecular flexibility index (Phi) is 7.03. The van der Waals surface area contributed by atoms with E-state index < -0.39 is 0 Å². The van der Waals surface area contributed by atoms with Gasteiger partial charge < -0.3 is 15.8 Å². The van der Waals surface area contributed by atoms with Crippen molar-refractivity contribution in [1.82, 2.24) is 5.32 Å². The van der Waals surface area contributed by atoms with Gasteiger partial charge in [-0.3, -0.25) is 0 Å². The van der Waals surface area contributed by atoms with Crippen molar-refractivity contribution >= 4 is 12.4 Å². The largest absolute Gasteiger partial charge is 0.395 e. The molecule has 0 aliphatic heterocycles. The maximum absolute atomic E-state index is 8.65. The molecule has 5 nitrogen and oxygen atoms in total. The predicted octanol–water partition coefficient (Wildman–Crippen LogP) is 0.766. The molecule has 5 heteroatoms. The summed E-state index contributed by atoms with van der Waals surface area (Å²) >= 11 is 0. The van der Waals surface area contributed by atoms with Crippen molar-refractivity contribution in [3.8, 4) is 6.07 Å². The molecule has 0 amide bonds. The Morgan fingerprint density at radius 1 is 1.56 bits per heavy atom. The number of hydrogen-bond donors (Lipinski definition) is 3. The summed E-state index contributed by atoms with van der Waals surface area (Å²) in [4.78, 5) is 3.76. The maximum atomic E-state index is 8.65. The molecule has 0 bridgehead atoms. The van der Waals surface area contributed by atoms with Crippen LogP contribution in [0.2, 0.25) is 0 Å². The fourth-order valence-corrected chi connectivity index (χ4v) is 0.808. The van der Waals surface area contributed by atoms with Gasteiger partial charge in [0.15, 0.2) is 0 Å². The molecule has 0 aliphatic carbocycles. The van der Waals surface area contributed by atoms with Gasteiger partial charge in [0.2, 0.25) is 0 Å². The van der Waals surface area contributed by atoms with Crippen LogP contribution in [-0.4, -0.2) is 30.7 Å². The summed E-state index contributed by atoms with van der Waals surface area (Å²) in [6.07, 6.45) is 3.96. The van der Waals surface area contributed by atoms with Crippen LogP contribution in [0.5, 0.6) is 0 Å². The van der Waals surface area contributed by atoms with Gasteiger partial charge in [0.25, 0.3) is 0 Å². The van der Waals surface area contributed by atoms with Crippen molar-refractivity contribution in [2.75, 3.05) is 13.2 Å². The number of aliphatic imine (C=N–C) groups is 1. The predicted molar refractivity (Wildman–Crippen MR) is 64.3 cm³/mol. The van der Waals surface area contributed by atoms with E-state index in [0.717, 1.165) is 6.21 Å². The van der Waals surface area contributed by atoms with E-state index in [1.165, 1.54) is 12.3 Å². The summed E-state index contributed by atoms with van der Waals surface area (Å²) in [6.45, 7) is 7.43. The fraction of sp³-hybridized carbons (Fsp3) is 0.182. The van der Waals surface area contributed by atoms with Gasteiger partial charge in [0.05, 0.1) is 6.61 Å². The first-order valence-electron chi connectivity index (χ1n) is 4.53. The van der Waals surface area contributed by atoms with Crippen LogP contribution < -0.4 is 5.32 Å². The molecule has 0 aliphatic rings. The Hall–Kier alpha value is -2.19. The minimum Gasteiger partial charge on any atom is -0.395 e. The molecular formula is C11H14N4O. The number of hydrogen-bond acceptors (Lipinski definition) is 5. The van der Waals surface area contributed by atoms with Gasteiger partial charge in [-0.05, 0) is 6.08 Å².